The lowest BCUT2D eigenvalue weighted by Gasteiger charge is -2.39. The molecule has 0 spiro atoms. The van der Waals surface area contributed by atoms with Gasteiger partial charge in [-0.1, -0.05) is 72.8 Å². The zero-order valence-electron chi connectivity index (χ0n) is 17.8. The topological polar surface area (TPSA) is 16.1 Å². The van der Waals surface area contributed by atoms with Gasteiger partial charge in [0, 0.05) is 34.3 Å². The molecule has 2 nitrogen and oxygen atoms in total. The van der Waals surface area contributed by atoms with Gasteiger partial charge in [-0.25, -0.2) is 0 Å². The monoisotopic (exact) mass is 418 g/mol. The fourth-order valence-electron chi connectivity index (χ4n) is 5.80. The van der Waals surface area contributed by atoms with Crippen molar-refractivity contribution in [2.45, 2.75) is 0 Å². The van der Waals surface area contributed by atoms with Crippen molar-refractivity contribution in [3.8, 4) is 33.4 Å². The molecule has 6 aromatic rings. The van der Waals surface area contributed by atoms with Crippen molar-refractivity contribution in [3.63, 3.8) is 0 Å². The first kappa shape index (κ1) is 17.2. The molecule has 2 heteroatoms. The van der Waals surface area contributed by atoms with Crippen molar-refractivity contribution < 1.29 is 0 Å². The SMILES string of the molecule is c1ccc(-c2cc3c4c5c(ccc4c2)-c2cccc4cccc(c24)N5c2ccncc2-3)cc1. The summed E-state index contributed by atoms with van der Waals surface area (Å²) in [6, 6.07) is 35.3. The van der Waals surface area contributed by atoms with E-state index in [1.54, 1.807) is 0 Å². The molecule has 0 saturated carbocycles. The average Bonchev–Trinajstić information content (AvgIpc) is 2.89. The van der Waals surface area contributed by atoms with E-state index in [0.717, 1.165) is 0 Å². The summed E-state index contributed by atoms with van der Waals surface area (Å²) in [7, 11) is 0. The first-order valence-electron chi connectivity index (χ1n) is 11.3. The Hall–Kier alpha value is -4.43. The molecule has 0 radical (unpaired) electrons. The molecule has 33 heavy (non-hydrogen) atoms. The predicted octanol–water partition coefficient (Wildman–Crippen LogP) is 8.49. The van der Waals surface area contributed by atoms with Crippen LogP contribution in [-0.2, 0) is 0 Å². The Morgan fingerprint density at radius 3 is 2.30 bits per heavy atom. The van der Waals surface area contributed by atoms with Crippen molar-refractivity contribution >= 4 is 38.6 Å². The molecule has 0 amide bonds. The summed E-state index contributed by atoms with van der Waals surface area (Å²) in [6.45, 7) is 0. The van der Waals surface area contributed by atoms with Crippen LogP contribution in [0.25, 0.3) is 54.9 Å². The standard InChI is InChI=1S/C31H18N2/c1-2-6-19(7-3-1)22-16-21-12-13-24-23-10-4-8-20-9-5-11-28(29(20)23)33-27-14-15-32-18-26(27)25(17-22)30(21)31(24)33/h1-18H. The fraction of sp³-hybridized carbons (Fsp3) is 0. The summed E-state index contributed by atoms with van der Waals surface area (Å²) < 4.78 is 0. The maximum Gasteiger partial charge on any atom is 0.0625 e. The van der Waals surface area contributed by atoms with Crippen LogP contribution in [0, 0.1) is 0 Å². The van der Waals surface area contributed by atoms with Gasteiger partial charge in [0.15, 0.2) is 0 Å². The third kappa shape index (κ3) is 2.15. The smallest absolute Gasteiger partial charge is 0.0625 e. The Balaban J connectivity index is 1.58. The van der Waals surface area contributed by atoms with Crippen molar-refractivity contribution in [3.05, 3.63) is 109 Å². The summed E-state index contributed by atoms with van der Waals surface area (Å²) >= 11 is 0. The van der Waals surface area contributed by atoms with E-state index in [1.165, 1.54) is 72.0 Å². The van der Waals surface area contributed by atoms with E-state index < -0.39 is 0 Å². The molecular formula is C31H18N2. The second kappa shape index (κ2) is 6.08. The molecule has 0 bridgehead atoms. The zero-order chi connectivity index (χ0) is 21.5. The molecule has 0 saturated heterocycles. The molecule has 1 aromatic heterocycles. The average molecular weight is 418 g/mol. The number of benzene rings is 5. The Kier molecular flexibility index (Phi) is 3.16. The van der Waals surface area contributed by atoms with Crippen LogP contribution in [0.1, 0.15) is 0 Å². The highest BCUT2D eigenvalue weighted by molar-refractivity contribution is 6.24. The van der Waals surface area contributed by atoms with Gasteiger partial charge in [0.1, 0.15) is 0 Å². The second-order valence-corrected chi connectivity index (χ2v) is 8.86. The molecule has 8 rings (SSSR count). The molecule has 152 valence electrons. The van der Waals surface area contributed by atoms with Crippen LogP contribution in [0.5, 0.6) is 0 Å². The number of rotatable bonds is 1. The van der Waals surface area contributed by atoms with Gasteiger partial charge < -0.3 is 4.90 Å². The van der Waals surface area contributed by atoms with Gasteiger partial charge in [-0.05, 0) is 57.3 Å². The van der Waals surface area contributed by atoms with E-state index in [1.807, 2.05) is 12.4 Å². The summed E-state index contributed by atoms with van der Waals surface area (Å²) in [4.78, 5) is 6.99. The summed E-state index contributed by atoms with van der Waals surface area (Å²) in [6.07, 6.45) is 3.93. The summed E-state index contributed by atoms with van der Waals surface area (Å²) in [5.74, 6) is 0. The Labute approximate surface area is 191 Å². The molecule has 0 unspecified atom stereocenters. The quantitative estimate of drug-likeness (QED) is 0.266. The van der Waals surface area contributed by atoms with Crippen LogP contribution >= 0.6 is 0 Å². The highest BCUT2D eigenvalue weighted by atomic mass is 15.2. The lowest BCUT2D eigenvalue weighted by Crippen LogP contribution is -2.19. The van der Waals surface area contributed by atoms with Crippen LogP contribution in [0.15, 0.2) is 109 Å². The lowest BCUT2D eigenvalue weighted by atomic mass is 9.82. The van der Waals surface area contributed by atoms with Crippen molar-refractivity contribution in [1.82, 2.24) is 4.98 Å². The molecule has 0 N–H and O–H groups in total. The van der Waals surface area contributed by atoms with E-state index in [4.69, 9.17) is 0 Å². The van der Waals surface area contributed by atoms with E-state index in [0.29, 0.717) is 0 Å². The van der Waals surface area contributed by atoms with Crippen molar-refractivity contribution in [1.29, 1.82) is 0 Å². The normalized spacial score (nSPS) is 12.8. The number of nitrogens with zero attached hydrogens (tertiary/aromatic N) is 2. The fourth-order valence-corrected chi connectivity index (χ4v) is 5.80. The zero-order valence-corrected chi connectivity index (χ0v) is 17.8. The number of pyridine rings is 1. The minimum atomic E-state index is 1.18. The maximum atomic E-state index is 4.54. The molecular weight excluding hydrogens is 400 g/mol. The van der Waals surface area contributed by atoms with Gasteiger partial charge in [0.25, 0.3) is 0 Å². The molecule has 0 aliphatic carbocycles. The minimum Gasteiger partial charge on any atom is -0.308 e. The van der Waals surface area contributed by atoms with Crippen LogP contribution in [0.4, 0.5) is 17.1 Å². The first-order valence-corrected chi connectivity index (χ1v) is 11.3. The molecule has 2 aliphatic rings. The second-order valence-electron chi connectivity index (χ2n) is 8.86. The Morgan fingerprint density at radius 2 is 1.39 bits per heavy atom. The van der Waals surface area contributed by atoms with Gasteiger partial charge in [-0.3, -0.25) is 4.98 Å². The first-order chi connectivity index (χ1) is 16.4. The van der Waals surface area contributed by atoms with Gasteiger partial charge in [-0.2, -0.15) is 0 Å². The third-order valence-electron chi connectivity index (χ3n) is 7.16. The molecule has 2 aliphatic heterocycles. The number of aromatic nitrogens is 1. The number of fused-ring (bicyclic) bond motifs is 5. The van der Waals surface area contributed by atoms with Crippen molar-refractivity contribution in [2.24, 2.45) is 0 Å². The van der Waals surface area contributed by atoms with Crippen LogP contribution in [0.3, 0.4) is 0 Å². The Morgan fingerprint density at radius 1 is 0.515 bits per heavy atom. The van der Waals surface area contributed by atoms with Gasteiger partial charge in [0.2, 0.25) is 0 Å². The Bertz CT molecular complexity index is 1760. The van der Waals surface area contributed by atoms with Crippen LogP contribution in [-0.4, -0.2) is 4.98 Å². The number of anilines is 3. The van der Waals surface area contributed by atoms with Gasteiger partial charge in [-0.15, -0.1) is 0 Å². The maximum absolute atomic E-state index is 4.54. The minimum absolute atomic E-state index is 1.18. The van der Waals surface area contributed by atoms with Gasteiger partial charge in [0.05, 0.1) is 17.1 Å². The number of hydrogen-bond donors (Lipinski definition) is 0. The van der Waals surface area contributed by atoms with Crippen LogP contribution in [0.2, 0.25) is 0 Å². The van der Waals surface area contributed by atoms with Crippen LogP contribution < -0.4 is 4.90 Å². The van der Waals surface area contributed by atoms with Gasteiger partial charge >= 0.3 is 0 Å². The summed E-state index contributed by atoms with van der Waals surface area (Å²) in [5.41, 5.74) is 11.2. The molecule has 0 fully saturated rings. The van der Waals surface area contributed by atoms with E-state index in [2.05, 4.69) is 107 Å². The van der Waals surface area contributed by atoms with E-state index in [-0.39, 0.29) is 0 Å². The number of hydrogen-bond acceptors (Lipinski definition) is 2. The highest BCUT2D eigenvalue weighted by Gasteiger charge is 2.33. The third-order valence-corrected chi connectivity index (χ3v) is 7.16. The van der Waals surface area contributed by atoms with Crippen molar-refractivity contribution in [2.75, 3.05) is 4.90 Å². The predicted molar refractivity (Wildman–Crippen MR) is 137 cm³/mol. The molecule has 3 heterocycles. The lowest BCUT2D eigenvalue weighted by molar-refractivity contribution is 1.24. The van der Waals surface area contributed by atoms with E-state index in [9.17, 15) is 0 Å². The summed E-state index contributed by atoms with van der Waals surface area (Å²) in [5, 5.41) is 5.16. The largest absolute Gasteiger partial charge is 0.308 e. The highest BCUT2D eigenvalue weighted by Crippen LogP contribution is 2.59. The molecule has 5 aromatic carbocycles. The van der Waals surface area contributed by atoms with E-state index >= 15 is 0 Å². The molecule has 0 atom stereocenters.